The van der Waals surface area contributed by atoms with Crippen LogP contribution in [0, 0.1) is 5.82 Å². The van der Waals surface area contributed by atoms with Crippen LogP contribution >= 0.6 is 0 Å². The molecule has 1 aliphatic heterocycles. The van der Waals surface area contributed by atoms with E-state index in [1.54, 1.807) is 16.8 Å². The van der Waals surface area contributed by atoms with E-state index in [0.29, 0.717) is 23.5 Å². The Bertz CT molecular complexity index is 934. The number of carbonyl (C=O) groups excluding carboxylic acids is 1. The highest BCUT2D eigenvalue weighted by Crippen LogP contribution is 2.27. The second kappa shape index (κ2) is 7.72. The van der Waals surface area contributed by atoms with Crippen LogP contribution in [0.2, 0.25) is 0 Å². The fraction of sp³-hybridized carbons (Fsp3) is 0.238. The molecule has 1 aromatic heterocycles. The highest BCUT2D eigenvalue weighted by Gasteiger charge is 2.22. The normalized spacial score (nSPS) is 16.4. The van der Waals surface area contributed by atoms with Gasteiger partial charge in [0.05, 0.1) is 29.2 Å². The zero-order valence-electron chi connectivity index (χ0n) is 14.8. The van der Waals surface area contributed by atoms with Gasteiger partial charge in [-0.15, -0.1) is 0 Å². The molecule has 3 aromatic rings. The lowest BCUT2D eigenvalue weighted by atomic mass is 10.1. The van der Waals surface area contributed by atoms with Gasteiger partial charge in [0.15, 0.2) is 0 Å². The third-order valence-electron chi connectivity index (χ3n) is 4.63. The van der Waals surface area contributed by atoms with Crippen molar-refractivity contribution in [3.8, 4) is 16.9 Å². The Morgan fingerprint density at radius 2 is 2.07 bits per heavy atom. The zero-order chi connectivity index (χ0) is 18.6. The Hall–Kier alpha value is -2.99. The van der Waals surface area contributed by atoms with Crippen molar-refractivity contribution in [1.82, 2.24) is 15.1 Å². The molecule has 0 bridgehead atoms. The molecule has 138 valence electrons. The second-order valence-electron chi connectivity index (χ2n) is 6.51. The molecule has 0 aliphatic carbocycles. The standard InChI is InChI=1S/C21H20FN3O2/c22-16-8-4-9-17(12-16)25-20(15-6-2-1-3-7-15)19(14-24-25)21(26)23-13-18-10-5-11-27-18/h1-4,6-9,12,14,18H,5,10-11,13H2,(H,23,26). The van der Waals surface area contributed by atoms with Crippen molar-refractivity contribution < 1.29 is 13.9 Å². The first-order valence-electron chi connectivity index (χ1n) is 9.01. The topological polar surface area (TPSA) is 56.1 Å². The average Bonchev–Trinajstić information content (AvgIpc) is 3.36. The maximum absolute atomic E-state index is 13.7. The van der Waals surface area contributed by atoms with Gasteiger partial charge >= 0.3 is 0 Å². The van der Waals surface area contributed by atoms with E-state index in [4.69, 9.17) is 4.74 Å². The van der Waals surface area contributed by atoms with Gasteiger partial charge in [0.1, 0.15) is 5.82 Å². The number of halogens is 1. The molecule has 1 amide bonds. The number of hydrogen-bond donors (Lipinski definition) is 1. The Balaban J connectivity index is 1.70. The second-order valence-corrected chi connectivity index (χ2v) is 6.51. The fourth-order valence-electron chi connectivity index (χ4n) is 3.30. The van der Waals surface area contributed by atoms with Crippen molar-refractivity contribution in [2.24, 2.45) is 0 Å². The number of amides is 1. The number of rotatable bonds is 5. The number of nitrogens with zero attached hydrogens (tertiary/aromatic N) is 2. The molecule has 0 saturated carbocycles. The van der Waals surface area contributed by atoms with Crippen LogP contribution in [0.4, 0.5) is 4.39 Å². The molecule has 2 heterocycles. The van der Waals surface area contributed by atoms with Crippen molar-refractivity contribution in [2.45, 2.75) is 18.9 Å². The molecule has 1 unspecified atom stereocenters. The van der Waals surface area contributed by atoms with Crippen LogP contribution in [0.5, 0.6) is 0 Å². The van der Waals surface area contributed by atoms with Gasteiger partial charge in [0.25, 0.3) is 5.91 Å². The van der Waals surface area contributed by atoms with Crippen LogP contribution in [0.25, 0.3) is 16.9 Å². The Morgan fingerprint density at radius 1 is 1.22 bits per heavy atom. The van der Waals surface area contributed by atoms with Gasteiger partial charge in [-0.3, -0.25) is 4.79 Å². The Morgan fingerprint density at radius 3 is 2.81 bits per heavy atom. The molecule has 6 heteroatoms. The van der Waals surface area contributed by atoms with Crippen molar-refractivity contribution in [3.05, 3.63) is 72.2 Å². The summed E-state index contributed by atoms with van der Waals surface area (Å²) in [6, 6.07) is 15.7. The molecule has 0 spiro atoms. The third-order valence-corrected chi connectivity index (χ3v) is 4.63. The van der Waals surface area contributed by atoms with E-state index in [0.717, 1.165) is 25.0 Å². The van der Waals surface area contributed by atoms with Crippen LogP contribution in [0.3, 0.4) is 0 Å². The third kappa shape index (κ3) is 3.75. The van der Waals surface area contributed by atoms with Crippen LogP contribution in [0.1, 0.15) is 23.2 Å². The molecule has 1 aliphatic rings. The van der Waals surface area contributed by atoms with E-state index in [9.17, 15) is 9.18 Å². The van der Waals surface area contributed by atoms with Gasteiger partial charge in [-0.25, -0.2) is 9.07 Å². The summed E-state index contributed by atoms with van der Waals surface area (Å²) in [6.07, 6.45) is 3.56. The summed E-state index contributed by atoms with van der Waals surface area (Å²) >= 11 is 0. The van der Waals surface area contributed by atoms with E-state index in [-0.39, 0.29) is 17.8 Å². The lowest BCUT2D eigenvalue weighted by Gasteiger charge is -2.12. The maximum Gasteiger partial charge on any atom is 0.255 e. The van der Waals surface area contributed by atoms with Crippen molar-refractivity contribution in [3.63, 3.8) is 0 Å². The first kappa shape index (κ1) is 17.4. The Labute approximate surface area is 156 Å². The molecule has 4 rings (SSSR count). The summed E-state index contributed by atoms with van der Waals surface area (Å²) in [4.78, 5) is 12.8. The molecular weight excluding hydrogens is 345 g/mol. The fourth-order valence-corrected chi connectivity index (χ4v) is 3.30. The summed E-state index contributed by atoms with van der Waals surface area (Å²) in [5.41, 5.74) is 2.48. The molecule has 1 fully saturated rings. The molecule has 2 aromatic carbocycles. The lowest BCUT2D eigenvalue weighted by molar-refractivity contribution is 0.0858. The van der Waals surface area contributed by atoms with Gasteiger partial charge < -0.3 is 10.1 Å². The SMILES string of the molecule is O=C(NCC1CCCO1)c1cnn(-c2cccc(F)c2)c1-c1ccccc1. The van der Waals surface area contributed by atoms with E-state index < -0.39 is 0 Å². The minimum atomic E-state index is -0.355. The summed E-state index contributed by atoms with van der Waals surface area (Å²) in [7, 11) is 0. The molecule has 5 nitrogen and oxygen atoms in total. The highest BCUT2D eigenvalue weighted by molar-refractivity contribution is 6.00. The van der Waals surface area contributed by atoms with Crippen molar-refractivity contribution in [1.29, 1.82) is 0 Å². The first-order chi connectivity index (χ1) is 13.2. The molecule has 1 N–H and O–H groups in total. The summed E-state index contributed by atoms with van der Waals surface area (Å²) in [5, 5.41) is 7.30. The van der Waals surface area contributed by atoms with E-state index >= 15 is 0 Å². The van der Waals surface area contributed by atoms with Gasteiger partial charge in [-0.05, 0) is 31.0 Å². The first-order valence-corrected chi connectivity index (χ1v) is 9.01. The zero-order valence-corrected chi connectivity index (χ0v) is 14.8. The average molecular weight is 365 g/mol. The number of carbonyl (C=O) groups is 1. The summed E-state index contributed by atoms with van der Waals surface area (Å²) in [5.74, 6) is -0.571. The number of ether oxygens (including phenoxy) is 1. The predicted molar refractivity (Wildman–Crippen MR) is 100 cm³/mol. The molecule has 1 saturated heterocycles. The largest absolute Gasteiger partial charge is 0.376 e. The van der Waals surface area contributed by atoms with Crippen molar-refractivity contribution in [2.75, 3.05) is 13.2 Å². The lowest BCUT2D eigenvalue weighted by Crippen LogP contribution is -2.31. The van der Waals surface area contributed by atoms with Gasteiger partial charge in [-0.1, -0.05) is 36.4 Å². The molecule has 1 atom stereocenters. The number of hydrogen-bond acceptors (Lipinski definition) is 3. The number of benzene rings is 2. The highest BCUT2D eigenvalue weighted by atomic mass is 19.1. The predicted octanol–water partition coefficient (Wildman–Crippen LogP) is 3.59. The van der Waals surface area contributed by atoms with E-state index in [1.807, 2.05) is 30.3 Å². The molecule has 0 radical (unpaired) electrons. The van der Waals surface area contributed by atoms with Crippen LogP contribution in [-0.4, -0.2) is 34.9 Å². The number of aromatic nitrogens is 2. The monoisotopic (exact) mass is 365 g/mol. The van der Waals surface area contributed by atoms with E-state index in [2.05, 4.69) is 10.4 Å². The Kier molecular flexibility index (Phi) is 4.98. The van der Waals surface area contributed by atoms with Crippen LogP contribution < -0.4 is 5.32 Å². The smallest absolute Gasteiger partial charge is 0.255 e. The van der Waals surface area contributed by atoms with Gasteiger partial charge in [0.2, 0.25) is 0 Å². The van der Waals surface area contributed by atoms with Crippen molar-refractivity contribution >= 4 is 5.91 Å². The minimum absolute atomic E-state index is 0.0624. The minimum Gasteiger partial charge on any atom is -0.376 e. The van der Waals surface area contributed by atoms with Gasteiger partial charge in [-0.2, -0.15) is 5.10 Å². The number of nitrogens with one attached hydrogen (secondary N) is 1. The van der Waals surface area contributed by atoms with E-state index in [1.165, 1.54) is 18.3 Å². The van der Waals surface area contributed by atoms with Gasteiger partial charge in [0, 0.05) is 18.7 Å². The summed E-state index contributed by atoms with van der Waals surface area (Å²) < 4.78 is 20.9. The van der Waals surface area contributed by atoms with Crippen LogP contribution in [-0.2, 0) is 4.74 Å². The quantitative estimate of drug-likeness (QED) is 0.752. The maximum atomic E-state index is 13.7. The molecule has 27 heavy (non-hydrogen) atoms. The molecular formula is C21H20FN3O2. The summed E-state index contributed by atoms with van der Waals surface area (Å²) in [6.45, 7) is 1.21. The van der Waals surface area contributed by atoms with Crippen LogP contribution in [0.15, 0.2) is 60.8 Å².